The molecule has 60 valence electrons. The summed E-state index contributed by atoms with van der Waals surface area (Å²) >= 11 is 0. The summed E-state index contributed by atoms with van der Waals surface area (Å²) in [5.74, 6) is 0. The molecular formula is C9H14N2. The molecule has 1 fully saturated rings. The molecule has 1 saturated heterocycles. The van der Waals surface area contributed by atoms with E-state index in [0.29, 0.717) is 6.17 Å². The molecule has 0 amide bonds. The van der Waals surface area contributed by atoms with Crippen molar-refractivity contribution < 1.29 is 0 Å². The molecule has 0 bridgehead atoms. The zero-order valence-electron chi connectivity index (χ0n) is 6.66. The van der Waals surface area contributed by atoms with Gasteiger partial charge in [-0.25, -0.2) is 0 Å². The molecule has 1 unspecified atom stereocenters. The number of hydrogen-bond donors (Lipinski definition) is 1. The molecule has 0 aromatic heterocycles. The second-order valence-corrected chi connectivity index (χ2v) is 3.07. The fourth-order valence-corrected chi connectivity index (χ4v) is 1.65. The monoisotopic (exact) mass is 150 g/mol. The molecule has 0 spiro atoms. The van der Waals surface area contributed by atoms with Crippen molar-refractivity contribution in [2.24, 2.45) is 0 Å². The van der Waals surface area contributed by atoms with Gasteiger partial charge in [0.2, 0.25) is 0 Å². The van der Waals surface area contributed by atoms with Crippen LogP contribution >= 0.6 is 0 Å². The van der Waals surface area contributed by atoms with Crippen LogP contribution < -0.4 is 5.32 Å². The molecule has 2 heterocycles. The van der Waals surface area contributed by atoms with Crippen molar-refractivity contribution in [2.75, 3.05) is 13.1 Å². The largest absolute Gasteiger partial charge is 0.362 e. The van der Waals surface area contributed by atoms with Gasteiger partial charge in [-0.15, -0.1) is 0 Å². The Morgan fingerprint density at radius 2 is 2.36 bits per heavy atom. The van der Waals surface area contributed by atoms with Crippen LogP contribution in [0.5, 0.6) is 0 Å². The van der Waals surface area contributed by atoms with E-state index in [1.54, 1.807) is 0 Å². The van der Waals surface area contributed by atoms with Crippen LogP contribution in [-0.4, -0.2) is 24.2 Å². The first-order chi connectivity index (χ1) is 5.47. The Morgan fingerprint density at radius 3 is 3.36 bits per heavy atom. The maximum Gasteiger partial charge on any atom is 0.0825 e. The molecule has 0 aromatic rings. The summed E-state index contributed by atoms with van der Waals surface area (Å²) in [6.45, 7) is 2.37. The van der Waals surface area contributed by atoms with Crippen LogP contribution in [0.3, 0.4) is 0 Å². The van der Waals surface area contributed by atoms with Gasteiger partial charge in [-0.3, -0.25) is 5.32 Å². The van der Waals surface area contributed by atoms with Gasteiger partial charge >= 0.3 is 0 Å². The normalized spacial score (nSPS) is 29.8. The lowest BCUT2D eigenvalue weighted by Crippen LogP contribution is -2.48. The minimum atomic E-state index is 0.554. The van der Waals surface area contributed by atoms with Crippen LogP contribution in [0.25, 0.3) is 0 Å². The van der Waals surface area contributed by atoms with Crippen LogP contribution in [0.4, 0.5) is 0 Å². The summed E-state index contributed by atoms with van der Waals surface area (Å²) in [7, 11) is 0. The molecule has 0 aromatic carbocycles. The Balaban J connectivity index is 2.07. The molecule has 2 nitrogen and oxygen atoms in total. The van der Waals surface area contributed by atoms with Crippen LogP contribution in [-0.2, 0) is 0 Å². The van der Waals surface area contributed by atoms with E-state index in [9.17, 15) is 0 Å². The van der Waals surface area contributed by atoms with Crippen LogP contribution in [0.1, 0.15) is 12.8 Å². The summed E-state index contributed by atoms with van der Waals surface area (Å²) < 4.78 is 0. The summed E-state index contributed by atoms with van der Waals surface area (Å²) in [6, 6.07) is 0. The Labute approximate surface area is 67.6 Å². The van der Waals surface area contributed by atoms with Gasteiger partial charge in [0.05, 0.1) is 6.17 Å². The second kappa shape index (κ2) is 3.09. The van der Waals surface area contributed by atoms with Gasteiger partial charge in [0.1, 0.15) is 0 Å². The van der Waals surface area contributed by atoms with Crippen molar-refractivity contribution >= 4 is 0 Å². The predicted octanol–water partition coefficient (Wildman–Crippen LogP) is 1.08. The highest BCUT2D eigenvalue weighted by Gasteiger charge is 2.17. The van der Waals surface area contributed by atoms with Crippen molar-refractivity contribution in [3.8, 4) is 0 Å². The lowest BCUT2D eigenvalue weighted by Gasteiger charge is -2.34. The minimum absolute atomic E-state index is 0.554. The van der Waals surface area contributed by atoms with Crippen molar-refractivity contribution in [3.05, 3.63) is 24.4 Å². The Bertz CT molecular complexity index is 184. The van der Waals surface area contributed by atoms with E-state index in [4.69, 9.17) is 0 Å². The third-order valence-electron chi connectivity index (χ3n) is 2.26. The van der Waals surface area contributed by atoms with E-state index in [0.717, 1.165) is 6.42 Å². The Morgan fingerprint density at radius 1 is 1.36 bits per heavy atom. The molecule has 0 aliphatic carbocycles. The molecule has 1 atom stereocenters. The molecule has 1 N–H and O–H groups in total. The minimum Gasteiger partial charge on any atom is -0.362 e. The Kier molecular flexibility index (Phi) is 1.95. The van der Waals surface area contributed by atoms with Crippen LogP contribution in [0.15, 0.2) is 24.4 Å². The number of allylic oxidation sites excluding steroid dienone is 2. The van der Waals surface area contributed by atoms with E-state index < -0.39 is 0 Å². The second-order valence-electron chi connectivity index (χ2n) is 3.07. The van der Waals surface area contributed by atoms with Crippen LogP contribution in [0, 0.1) is 0 Å². The molecule has 2 aliphatic heterocycles. The highest BCUT2D eigenvalue weighted by molar-refractivity contribution is 5.07. The summed E-state index contributed by atoms with van der Waals surface area (Å²) in [6.07, 6.45) is 11.6. The maximum atomic E-state index is 3.48. The zero-order valence-corrected chi connectivity index (χ0v) is 6.66. The maximum absolute atomic E-state index is 3.48. The molecular weight excluding hydrogens is 136 g/mol. The zero-order chi connectivity index (χ0) is 7.52. The first-order valence-electron chi connectivity index (χ1n) is 4.29. The van der Waals surface area contributed by atoms with Crippen molar-refractivity contribution in [2.45, 2.75) is 19.0 Å². The fraction of sp³-hybridized carbons (Fsp3) is 0.556. The molecule has 2 aliphatic rings. The smallest absolute Gasteiger partial charge is 0.0825 e. The summed E-state index contributed by atoms with van der Waals surface area (Å²) in [5.41, 5.74) is 0. The van der Waals surface area contributed by atoms with E-state index >= 15 is 0 Å². The van der Waals surface area contributed by atoms with E-state index in [1.165, 1.54) is 19.5 Å². The number of nitrogens with one attached hydrogen (secondary N) is 1. The van der Waals surface area contributed by atoms with E-state index in [1.807, 2.05) is 0 Å². The molecule has 2 rings (SSSR count). The predicted molar refractivity (Wildman–Crippen MR) is 46.0 cm³/mol. The van der Waals surface area contributed by atoms with Crippen molar-refractivity contribution in [3.63, 3.8) is 0 Å². The third-order valence-corrected chi connectivity index (χ3v) is 2.26. The van der Waals surface area contributed by atoms with Crippen LogP contribution in [0.2, 0.25) is 0 Å². The Hall–Kier alpha value is -0.760. The van der Waals surface area contributed by atoms with Gasteiger partial charge < -0.3 is 4.90 Å². The molecule has 2 heteroatoms. The highest BCUT2D eigenvalue weighted by Crippen LogP contribution is 2.11. The molecule has 11 heavy (non-hydrogen) atoms. The first kappa shape index (κ1) is 6.92. The van der Waals surface area contributed by atoms with Gasteiger partial charge in [-0.2, -0.15) is 0 Å². The van der Waals surface area contributed by atoms with Crippen molar-refractivity contribution in [1.82, 2.24) is 10.2 Å². The number of hydrogen-bond acceptors (Lipinski definition) is 2. The van der Waals surface area contributed by atoms with E-state index in [2.05, 4.69) is 34.6 Å². The fourth-order valence-electron chi connectivity index (χ4n) is 1.65. The number of rotatable bonds is 0. The van der Waals surface area contributed by atoms with Gasteiger partial charge in [-0.1, -0.05) is 12.2 Å². The average molecular weight is 150 g/mol. The third kappa shape index (κ3) is 1.46. The number of nitrogens with zero attached hydrogens (tertiary/aromatic N) is 1. The summed E-state index contributed by atoms with van der Waals surface area (Å²) in [4.78, 5) is 2.38. The first-order valence-corrected chi connectivity index (χ1v) is 4.29. The topological polar surface area (TPSA) is 15.3 Å². The quantitative estimate of drug-likeness (QED) is 0.556. The lowest BCUT2D eigenvalue weighted by molar-refractivity contribution is 0.195. The summed E-state index contributed by atoms with van der Waals surface area (Å²) in [5, 5.41) is 3.48. The lowest BCUT2D eigenvalue weighted by atomic mass is 10.2. The van der Waals surface area contributed by atoms with Gasteiger partial charge in [0.15, 0.2) is 0 Å². The van der Waals surface area contributed by atoms with E-state index in [-0.39, 0.29) is 0 Å². The van der Waals surface area contributed by atoms with Gasteiger partial charge in [-0.05, 0) is 25.5 Å². The van der Waals surface area contributed by atoms with Gasteiger partial charge in [0.25, 0.3) is 0 Å². The number of fused-ring (bicyclic) bond motifs is 1. The van der Waals surface area contributed by atoms with Crippen molar-refractivity contribution in [1.29, 1.82) is 0 Å². The SMILES string of the molecule is C1=CCC2NCCCN2C=C1. The molecule has 0 saturated carbocycles. The standard InChI is InChI=1S/C9H14N2/c1-2-5-9-10-6-4-8-11(9)7-3-1/h1-3,7,9-10H,4-6,8H2. The molecule has 0 radical (unpaired) electrons. The van der Waals surface area contributed by atoms with Gasteiger partial charge in [0, 0.05) is 12.7 Å². The highest BCUT2D eigenvalue weighted by atomic mass is 15.3. The average Bonchev–Trinajstić information content (AvgIpc) is 2.28.